The zero-order valence-electron chi connectivity index (χ0n) is 10.7. The van der Waals surface area contributed by atoms with Crippen LogP contribution in [0.5, 0.6) is 0 Å². The van der Waals surface area contributed by atoms with Crippen LogP contribution in [0, 0.1) is 0 Å². The maximum Gasteiger partial charge on any atom is 0.184 e. The molecule has 1 heterocycles. The first-order valence-corrected chi connectivity index (χ1v) is 5.59. The molecule has 0 aromatic heterocycles. The van der Waals surface area contributed by atoms with Gasteiger partial charge in [-0.1, -0.05) is 13.8 Å². The number of aliphatic hydroxyl groups excluding tert-OH is 1. The Morgan fingerprint density at radius 2 is 1.87 bits per heavy atom. The molecule has 2 unspecified atom stereocenters. The second-order valence-corrected chi connectivity index (χ2v) is 3.81. The molecule has 92 valence electrons. The summed E-state index contributed by atoms with van der Waals surface area (Å²) < 4.78 is 10.5. The van der Waals surface area contributed by atoms with Crippen molar-refractivity contribution in [1.29, 1.82) is 0 Å². The van der Waals surface area contributed by atoms with E-state index in [2.05, 4.69) is 0 Å². The number of hydrogen-bond donors (Lipinski definition) is 1. The minimum Gasteiger partial charge on any atom is -0.386 e. The summed E-state index contributed by atoms with van der Waals surface area (Å²) in [6.45, 7) is 5.99. The predicted molar refractivity (Wildman–Crippen MR) is 60.8 cm³/mol. The van der Waals surface area contributed by atoms with E-state index >= 15 is 0 Å². The molecule has 15 heavy (non-hydrogen) atoms. The van der Waals surface area contributed by atoms with Crippen LogP contribution in [0.25, 0.3) is 0 Å². The van der Waals surface area contributed by atoms with Crippen molar-refractivity contribution >= 4 is 0 Å². The third kappa shape index (κ3) is 4.07. The van der Waals surface area contributed by atoms with Crippen molar-refractivity contribution in [1.82, 2.24) is 4.90 Å². The fourth-order valence-corrected chi connectivity index (χ4v) is 1.74. The van der Waals surface area contributed by atoms with E-state index in [-0.39, 0.29) is 12.1 Å². The highest BCUT2D eigenvalue weighted by molar-refractivity contribution is 4.84. The van der Waals surface area contributed by atoms with Gasteiger partial charge in [-0.05, 0) is 27.4 Å². The minimum absolute atomic E-state index is 0.119. The molecule has 0 aromatic rings. The highest BCUT2D eigenvalue weighted by Crippen LogP contribution is 2.23. The van der Waals surface area contributed by atoms with E-state index in [1.165, 1.54) is 0 Å². The van der Waals surface area contributed by atoms with Crippen molar-refractivity contribution in [3.63, 3.8) is 0 Å². The molecule has 1 aliphatic heterocycles. The highest BCUT2D eigenvalue weighted by atomic mass is 16.7. The van der Waals surface area contributed by atoms with Crippen molar-refractivity contribution in [2.45, 2.75) is 51.7 Å². The molecule has 1 fully saturated rings. The largest absolute Gasteiger partial charge is 0.386 e. The molecule has 4 heteroatoms. The average Bonchev–Trinajstić information content (AvgIpc) is 2.23. The van der Waals surface area contributed by atoms with Gasteiger partial charge >= 0.3 is 0 Å². The summed E-state index contributed by atoms with van der Waals surface area (Å²) in [5.41, 5.74) is 0. The number of ether oxygens (including phenoxy) is 2. The summed E-state index contributed by atoms with van der Waals surface area (Å²) in [4.78, 5) is 2.01. The Morgan fingerprint density at radius 1 is 1.33 bits per heavy atom. The van der Waals surface area contributed by atoms with Crippen molar-refractivity contribution in [2.24, 2.45) is 0 Å². The van der Waals surface area contributed by atoms with Crippen LogP contribution in [0.3, 0.4) is 0 Å². The second kappa shape index (κ2) is 7.17. The van der Waals surface area contributed by atoms with Gasteiger partial charge in [0.25, 0.3) is 0 Å². The smallest absolute Gasteiger partial charge is 0.184 e. The van der Waals surface area contributed by atoms with Crippen molar-refractivity contribution in [3.8, 4) is 0 Å². The molecule has 0 spiro atoms. The quantitative estimate of drug-likeness (QED) is 0.755. The molecule has 1 saturated heterocycles. The Hall–Kier alpha value is -0.160. The van der Waals surface area contributed by atoms with Crippen LogP contribution < -0.4 is 0 Å². The first-order valence-electron chi connectivity index (χ1n) is 5.59. The van der Waals surface area contributed by atoms with Crippen LogP contribution in [0.1, 0.15) is 27.2 Å². The SMILES string of the molecule is CC.COC1O[C@H](C)CC(N(C)C)[C@H]1O. The summed E-state index contributed by atoms with van der Waals surface area (Å²) in [6, 6.07) is 0.119. The van der Waals surface area contributed by atoms with E-state index in [0.29, 0.717) is 0 Å². The van der Waals surface area contributed by atoms with Crippen LogP contribution in [-0.2, 0) is 9.47 Å². The Labute approximate surface area is 93.2 Å². The van der Waals surface area contributed by atoms with Gasteiger partial charge in [0.1, 0.15) is 6.10 Å². The number of methoxy groups -OCH3 is 1. The molecule has 0 amide bonds. The van der Waals surface area contributed by atoms with Gasteiger partial charge in [-0.15, -0.1) is 0 Å². The molecule has 0 bridgehead atoms. The van der Waals surface area contributed by atoms with Crippen LogP contribution in [0.15, 0.2) is 0 Å². The van der Waals surface area contributed by atoms with Crippen LogP contribution in [0.2, 0.25) is 0 Å². The number of hydrogen-bond acceptors (Lipinski definition) is 4. The van der Waals surface area contributed by atoms with Crippen molar-refractivity contribution < 1.29 is 14.6 Å². The lowest BCUT2D eigenvalue weighted by Gasteiger charge is -2.40. The number of rotatable bonds is 2. The topological polar surface area (TPSA) is 41.9 Å². The van der Waals surface area contributed by atoms with E-state index in [1.807, 2.05) is 39.8 Å². The van der Waals surface area contributed by atoms with Gasteiger partial charge in [-0.2, -0.15) is 0 Å². The van der Waals surface area contributed by atoms with Gasteiger partial charge in [0, 0.05) is 13.2 Å². The number of aliphatic hydroxyl groups is 1. The summed E-state index contributed by atoms with van der Waals surface area (Å²) in [5.74, 6) is 0. The molecule has 0 aliphatic carbocycles. The lowest BCUT2D eigenvalue weighted by Crippen LogP contribution is -2.53. The van der Waals surface area contributed by atoms with Crippen LogP contribution in [-0.4, -0.2) is 55.8 Å². The maximum absolute atomic E-state index is 9.83. The highest BCUT2D eigenvalue weighted by Gasteiger charge is 2.37. The molecule has 4 nitrogen and oxygen atoms in total. The Balaban J connectivity index is 0.000000921. The Morgan fingerprint density at radius 3 is 2.27 bits per heavy atom. The molecule has 0 saturated carbocycles. The summed E-state index contributed by atoms with van der Waals surface area (Å²) in [6.07, 6.45) is -0.0679. The first-order chi connectivity index (χ1) is 7.06. The van der Waals surface area contributed by atoms with Gasteiger partial charge in [-0.3, -0.25) is 0 Å². The van der Waals surface area contributed by atoms with Gasteiger partial charge in [0.05, 0.1) is 6.10 Å². The van der Waals surface area contributed by atoms with Crippen LogP contribution >= 0.6 is 0 Å². The van der Waals surface area contributed by atoms with Gasteiger partial charge in [0.15, 0.2) is 6.29 Å². The van der Waals surface area contributed by atoms with E-state index in [9.17, 15) is 5.11 Å². The fourth-order valence-electron chi connectivity index (χ4n) is 1.74. The Kier molecular flexibility index (Phi) is 7.09. The minimum atomic E-state index is -0.559. The van der Waals surface area contributed by atoms with Crippen molar-refractivity contribution in [3.05, 3.63) is 0 Å². The normalized spacial score (nSPS) is 36.0. The Bertz CT molecular complexity index is 164. The monoisotopic (exact) mass is 219 g/mol. The van der Waals surface area contributed by atoms with E-state index in [4.69, 9.17) is 9.47 Å². The molecule has 1 rings (SSSR count). The predicted octanol–water partition coefficient (Wildman–Crippen LogP) is 1.08. The fraction of sp³-hybridized carbons (Fsp3) is 1.00. The summed E-state index contributed by atoms with van der Waals surface area (Å²) in [7, 11) is 5.47. The molecular formula is C11H25NO3. The van der Waals surface area contributed by atoms with E-state index in [0.717, 1.165) is 6.42 Å². The second-order valence-electron chi connectivity index (χ2n) is 3.81. The zero-order chi connectivity index (χ0) is 12.0. The molecule has 1 aliphatic rings. The summed E-state index contributed by atoms with van der Waals surface area (Å²) >= 11 is 0. The molecule has 0 radical (unpaired) electrons. The standard InChI is InChI=1S/C9H19NO3.C2H6/c1-6-5-7(10(2)3)8(11)9(12-4)13-6;1-2/h6-9,11H,5H2,1-4H3;1-2H3/t6-,7?,8-,9?;/m1./s1. The van der Waals surface area contributed by atoms with Crippen molar-refractivity contribution in [2.75, 3.05) is 21.2 Å². The summed E-state index contributed by atoms with van der Waals surface area (Å²) in [5, 5.41) is 9.83. The first kappa shape index (κ1) is 14.8. The maximum atomic E-state index is 9.83. The number of nitrogens with zero attached hydrogens (tertiary/aromatic N) is 1. The van der Waals surface area contributed by atoms with Crippen LogP contribution in [0.4, 0.5) is 0 Å². The lowest BCUT2D eigenvalue weighted by molar-refractivity contribution is -0.242. The van der Waals surface area contributed by atoms with Gasteiger partial charge in [0.2, 0.25) is 0 Å². The third-order valence-corrected chi connectivity index (χ3v) is 2.51. The zero-order valence-corrected chi connectivity index (χ0v) is 10.7. The number of likely N-dealkylation sites (N-methyl/N-ethyl adjacent to an activating group) is 1. The molecule has 4 atom stereocenters. The lowest BCUT2D eigenvalue weighted by atomic mass is 9.99. The van der Waals surface area contributed by atoms with Gasteiger partial charge < -0.3 is 19.5 Å². The molecule has 0 aromatic carbocycles. The molecular weight excluding hydrogens is 194 g/mol. The van der Waals surface area contributed by atoms with E-state index in [1.54, 1.807) is 7.11 Å². The third-order valence-electron chi connectivity index (χ3n) is 2.51. The van der Waals surface area contributed by atoms with Gasteiger partial charge in [-0.25, -0.2) is 0 Å². The average molecular weight is 219 g/mol. The van der Waals surface area contributed by atoms with E-state index < -0.39 is 12.4 Å². The molecule has 1 N–H and O–H groups in total.